The Balaban J connectivity index is 1.90. The molecule has 5 N–H and O–H groups in total. The molecule has 0 aliphatic carbocycles. The molecule has 0 saturated carbocycles. The van der Waals surface area contributed by atoms with Crippen LogP contribution in [0.25, 0.3) is 0 Å². The molecule has 0 atom stereocenters. The normalized spacial score (nSPS) is 12.5. The highest BCUT2D eigenvalue weighted by molar-refractivity contribution is 5.74. The van der Waals surface area contributed by atoms with Gasteiger partial charge in [0.1, 0.15) is 11.6 Å². The van der Waals surface area contributed by atoms with Crippen LogP contribution in [0.5, 0.6) is 5.75 Å². The number of fused-ring (bicyclic) bond motifs is 1. The summed E-state index contributed by atoms with van der Waals surface area (Å²) in [6.45, 7) is 0. The maximum absolute atomic E-state index is 5.80. The first-order valence-electron chi connectivity index (χ1n) is 5.95. The largest absolute Gasteiger partial charge is 0.497 e. The van der Waals surface area contributed by atoms with Crippen molar-refractivity contribution in [1.29, 1.82) is 0 Å². The molecule has 1 aromatic carbocycles. The first kappa shape index (κ1) is 11.6. The van der Waals surface area contributed by atoms with Crippen LogP contribution >= 0.6 is 0 Å². The van der Waals surface area contributed by atoms with Gasteiger partial charge in [-0.1, -0.05) is 12.1 Å². The first-order chi connectivity index (χ1) is 9.26. The summed E-state index contributed by atoms with van der Waals surface area (Å²) >= 11 is 0. The number of methoxy groups -OCH3 is 1. The van der Waals surface area contributed by atoms with Crippen LogP contribution < -0.4 is 26.9 Å². The lowest BCUT2D eigenvalue weighted by molar-refractivity contribution is 0.414. The van der Waals surface area contributed by atoms with E-state index in [-0.39, 0.29) is 0 Å². The van der Waals surface area contributed by atoms with E-state index in [2.05, 4.69) is 21.4 Å². The molecule has 3 rings (SSSR count). The Morgan fingerprint density at radius 3 is 2.74 bits per heavy atom. The van der Waals surface area contributed by atoms with Gasteiger partial charge in [-0.3, -0.25) is 5.43 Å². The van der Waals surface area contributed by atoms with E-state index in [0.29, 0.717) is 5.82 Å². The predicted octanol–water partition coefficient (Wildman–Crippen LogP) is 1.52. The summed E-state index contributed by atoms with van der Waals surface area (Å²) in [5.74, 6) is 2.08. The number of benzene rings is 1. The van der Waals surface area contributed by atoms with Gasteiger partial charge in [-0.2, -0.15) is 0 Å². The fourth-order valence-corrected chi connectivity index (χ4v) is 2.11. The van der Waals surface area contributed by atoms with Crippen LogP contribution in [-0.2, 0) is 6.42 Å². The summed E-state index contributed by atoms with van der Waals surface area (Å²) in [4.78, 5) is 4.21. The van der Waals surface area contributed by atoms with Crippen LogP contribution in [0.4, 0.5) is 17.3 Å². The lowest BCUT2D eigenvalue weighted by Crippen LogP contribution is -2.19. The van der Waals surface area contributed by atoms with Crippen LogP contribution in [0.2, 0.25) is 0 Å². The number of nitrogens with one attached hydrogen (secondary N) is 3. The molecule has 2 aromatic rings. The van der Waals surface area contributed by atoms with Gasteiger partial charge in [-0.25, -0.2) is 4.98 Å². The summed E-state index contributed by atoms with van der Waals surface area (Å²) in [6, 6.07) is 9.86. The Bertz CT molecular complexity index is 597. The number of hydrogen-bond donors (Lipinski definition) is 4. The minimum atomic E-state index is 0.500. The van der Waals surface area contributed by atoms with E-state index in [1.807, 2.05) is 30.3 Å². The second-order valence-electron chi connectivity index (χ2n) is 4.33. The highest BCUT2D eigenvalue weighted by atomic mass is 16.5. The Kier molecular flexibility index (Phi) is 2.85. The van der Waals surface area contributed by atoms with E-state index in [4.69, 9.17) is 10.5 Å². The molecule has 98 valence electrons. The van der Waals surface area contributed by atoms with Crippen molar-refractivity contribution in [2.24, 2.45) is 0 Å². The van der Waals surface area contributed by atoms with Gasteiger partial charge in [0.2, 0.25) is 0 Å². The highest BCUT2D eigenvalue weighted by Crippen LogP contribution is 2.30. The molecule has 0 saturated heterocycles. The van der Waals surface area contributed by atoms with E-state index in [9.17, 15) is 0 Å². The highest BCUT2D eigenvalue weighted by Gasteiger charge is 2.16. The Morgan fingerprint density at radius 1 is 1.21 bits per heavy atom. The zero-order chi connectivity index (χ0) is 13.2. The average molecular weight is 257 g/mol. The minimum Gasteiger partial charge on any atom is -0.497 e. The van der Waals surface area contributed by atoms with Crippen molar-refractivity contribution in [2.75, 3.05) is 23.7 Å². The monoisotopic (exact) mass is 257 g/mol. The summed E-state index contributed by atoms with van der Waals surface area (Å²) < 4.78 is 5.15. The van der Waals surface area contributed by atoms with E-state index in [0.717, 1.165) is 29.2 Å². The molecule has 1 aliphatic rings. The van der Waals surface area contributed by atoms with Crippen molar-refractivity contribution in [2.45, 2.75) is 6.42 Å². The van der Waals surface area contributed by atoms with E-state index < -0.39 is 0 Å². The van der Waals surface area contributed by atoms with Crippen molar-refractivity contribution in [3.63, 3.8) is 0 Å². The van der Waals surface area contributed by atoms with Crippen molar-refractivity contribution in [3.05, 3.63) is 41.5 Å². The second kappa shape index (κ2) is 4.66. The Morgan fingerprint density at radius 2 is 2.00 bits per heavy atom. The number of nitrogen functional groups attached to an aromatic ring is 1. The molecule has 0 unspecified atom stereocenters. The molecular formula is C13H15N5O. The summed E-state index contributed by atoms with van der Waals surface area (Å²) in [5, 5.41) is 0. The van der Waals surface area contributed by atoms with Crippen molar-refractivity contribution < 1.29 is 4.74 Å². The lowest BCUT2D eigenvalue weighted by atomic mass is 10.0. The predicted molar refractivity (Wildman–Crippen MR) is 74.8 cm³/mol. The number of pyridine rings is 1. The Labute approximate surface area is 110 Å². The summed E-state index contributed by atoms with van der Waals surface area (Å²) in [5.41, 5.74) is 17.8. The van der Waals surface area contributed by atoms with Gasteiger partial charge in [0, 0.05) is 0 Å². The van der Waals surface area contributed by atoms with Crippen LogP contribution in [0.1, 0.15) is 11.1 Å². The minimum absolute atomic E-state index is 0.500. The number of nitrogens with zero attached hydrogens (tertiary/aromatic N) is 1. The maximum Gasteiger partial charge on any atom is 0.169 e. The van der Waals surface area contributed by atoms with Gasteiger partial charge in [0.05, 0.1) is 12.8 Å². The molecule has 19 heavy (non-hydrogen) atoms. The number of ether oxygens (including phenoxy) is 1. The standard InChI is InChI=1S/C13H15N5O/c1-19-10-4-2-8(3-5-10)6-9-7-11(14)15-13-12(9)16-18-17-13/h2-5,7,16,18H,6H2,1H3,(H3,14,15,17). The Hall–Kier alpha value is -2.47. The molecule has 0 amide bonds. The molecule has 0 spiro atoms. The number of hydrogen-bond acceptors (Lipinski definition) is 6. The van der Waals surface area contributed by atoms with Gasteiger partial charge in [-0.05, 0) is 35.7 Å². The molecule has 0 radical (unpaired) electrons. The summed E-state index contributed by atoms with van der Waals surface area (Å²) in [6.07, 6.45) is 0.773. The van der Waals surface area contributed by atoms with Crippen molar-refractivity contribution in [1.82, 2.24) is 10.5 Å². The molecule has 2 heterocycles. The van der Waals surface area contributed by atoms with Gasteiger partial charge < -0.3 is 15.9 Å². The fourth-order valence-electron chi connectivity index (χ4n) is 2.11. The maximum atomic E-state index is 5.80. The SMILES string of the molecule is COc1ccc(Cc2cc(N)nc3c2NNN3)cc1. The fraction of sp³-hybridized carbons (Fsp3) is 0.154. The van der Waals surface area contributed by atoms with E-state index in [1.54, 1.807) is 7.11 Å². The van der Waals surface area contributed by atoms with Crippen LogP contribution in [-0.4, -0.2) is 12.1 Å². The van der Waals surface area contributed by atoms with Crippen LogP contribution in [0, 0.1) is 0 Å². The zero-order valence-electron chi connectivity index (χ0n) is 10.5. The van der Waals surface area contributed by atoms with E-state index >= 15 is 0 Å². The number of hydrazine groups is 2. The third-order valence-electron chi connectivity index (χ3n) is 3.04. The second-order valence-corrected chi connectivity index (χ2v) is 4.33. The summed E-state index contributed by atoms with van der Waals surface area (Å²) in [7, 11) is 1.66. The lowest BCUT2D eigenvalue weighted by Gasteiger charge is -2.08. The van der Waals surface area contributed by atoms with Crippen LogP contribution in [0.3, 0.4) is 0 Å². The van der Waals surface area contributed by atoms with E-state index in [1.165, 1.54) is 5.56 Å². The molecule has 1 aromatic heterocycles. The smallest absolute Gasteiger partial charge is 0.169 e. The molecule has 6 heteroatoms. The number of rotatable bonds is 3. The average Bonchev–Trinajstić information content (AvgIpc) is 2.88. The number of anilines is 3. The molecule has 0 bridgehead atoms. The third-order valence-corrected chi connectivity index (χ3v) is 3.04. The van der Waals surface area contributed by atoms with Crippen molar-refractivity contribution in [3.8, 4) is 5.75 Å². The number of aromatic nitrogens is 1. The number of nitrogens with two attached hydrogens (primary N) is 1. The topological polar surface area (TPSA) is 84.2 Å². The van der Waals surface area contributed by atoms with Gasteiger partial charge in [0.15, 0.2) is 5.82 Å². The quantitative estimate of drug-likeness (QED) is 0.667. The van der Waals surface area contributed by atoms with Crippen molar-refractivity contribution >= 4 is 17.3 Å². The van der Waals surface area contributed by atoms with Gasteiger partial charge in [0.25, 0.3) is 0 Å². The van der Waals surface area contributed by atoms with Gasteiger partial charge in [-0.15, -0.1) is 5.53 Å². The molecule has 1 aliphatic heterocycles. The first-order valence-corrected chi connectivity index (χ1v) is 5.95. The van der Waals surface area contributed by atoms with Gasteiger partial charge >= 0.3 is 0 Å². The molecular weight excluding hydrogens is 242 g/mol. The molecule has 6 nitrogen and oxygen atoms in total. The zero-order valence-corrected chi connectivity index (χ0v) is 10.5. The van der Waals surface area contributed by atoms with Crippen LogP contribution in [0.15, 0.2) is 30.3 Å². The molecule has 0 fully saturated rings. The third kappa shape index (κ3) is 2.25.